The van der Waals surface area contributed by atoms with Gasteiger partial charge in [-0.2, -0.15) is 5.10 Å². The van der Waals surface area contributed by atoms with Gasteiger partial charge < -0.3 is 10.1 Å². The Balaban J connectivity index is 1.39. The number of nitrogens with zero attached hydrogens (tertiary/aromatic N) is 2. The van der Waals surface area contributed by atoms with Crippen molar-refractivity contribution in [3.8, 4) is 0 Å². The average Bonchev–Trinajstić information content (AvgIpc) is 3.22. The number of carbonyl (C=O) groups excluding carboxylic acids is 1. The number of ether oxygens (including phenoxy) is 1. The molecule has 0 saturated carbocycles. The van der Waals surface area contributed by atoms with Crippen molar-refractivity contribution >= 4 is 23.2 Å². The lowest BCUT2D eigenvalue weighted by Gasteiger charge is -2.08. The SMILES string of the molecule is O=C(CCCc1ccc(Cl)cc1)Nc1cnn(C[C@H]2CCCO2)c1. The third kappa shape index (κ3) is 5.08. The number of aromatic nitrogens is 2. The zero-order valence-electron chi connectivity index (χ0n) is 13.6. The molecule has 6 heteroatoms. The maximum Gasteiger partial charge on any atom is 0.224 e. The van der Waals surface area contributed by atoms with Crippen molar-refractivity contribution < 1.29 is 9.53 Å². The summed E-state index contributed by atoms with van der Waals surface area (Å²) in [6, 6.07) is 7.74. The molecule has 1 N–H and O–H groups in total. The highest BCUT2D eigenvalue weighted by Gasteiger charge is 2.16. The molecular formula is C18H22ClN3O2. The van der Waals surface area contributed by atoms with Gasteiger partial charge in [0.05, 0.1) is 24.5 Å². The Bertz CT molecular complexity index is 663. The summed E-state index contributed by atoms with van der Waals surface area (Å²) in [5.74, 6) is 0.0145. The van der Waals surface area contributed by atoms with Gasteiger partial charge in [0.2, 0.25) is 5.91 Å². The minimum Gasteiger partial charge on any atom is -0.376 e. The maximum atomic E-state index is 12.0. The zero-order chi connectivity index (χ0) is 16.8. The minimum absolute atomic E-state index is 0.0145. The predicted molar refractivity (Wildman–Crippen MR) is 94.2 cm³/mol. The highest BCUT2D eigenvalue weighted by molar-refractivity contribution is 6.30. The van der Waals surface area contributed by atoms with Crippen LogP contribution in [0.1, 0.15) is 31.2 Å². The fourth-order valence-corrected chi connectivity index (χ4v) is 2.98. The van der Waals surface area contributed by atoms with Gasteiger partial charge in [-0.05, 0) is 43.4 Å². The van der Waals surface area contributed by atoms with Crippen molar-refractivity contribution in [2.75, 3.05) is 11.9 Å². The van der Waals surface area contributed by atoms with Crippen LogP contribution in [0.15, 0.2) is 36.7 Å². The molecule has 1 aromatic carbocycles. The van der Waals surface area contributed by atoms with Crippen LogP contribution in [0.4, 0.5) is 5.69 Å². The Morgan fingerprint density at radius 2 is 2.21 bits per heavy atom. The largest absolute Gasteiger partial charge is 0.376 e. The molecule has 0 aliphatic carbocycles. The lowest BCUT2D eigenvalue weighted by Crippen LogP contribution is -2.15. The number of halogens is 1. The predicted octanol–water partition coefficient (Wildman–Crippen LogP) is 3.68. The van der Waals surface area contributed by atoms with E-state index in [0.717, 1.165) is 49.5 Å². The van der Waals surface area contributed by atoms with Crippen LogP contribution in [0.25, 0.3) is 0 Å². The molecule has 5 nitrogen and oxygen atoms in total. The van der Waals surface area contributed by atoms with Crippen LogP contribution in [0.2, 0.25) is 5.02 Å². The Morgan fingerprint density at radius 1 is 1.38 bits per heavy atom. The van der Waals surface area contributed by atoms with Crippen LogP contribution in [-0.4, -0.2) is 28.4 Å². The molecule has 1 amide bonds. The van der Waals surface area contributed by atoms with Crippen LogP contribution in [0.5, 0.6) is 0 Å². The lowest BCUT2D eigenvalue weighted by molar-refractivity contribution is -0.116. The molecule has 2 aromatic rings. The molecule has 1 aliphatic rings. The second-order valence-corrected chi connectivity index (χ2v) is 6.55. The molecule has 3 rings (SSSR count). The summed E-state index contributed by atoms with van der Waals surface area (Å²) >= 11 is 5.86. The summed E-state index contributed by atoms with van der Waals surface area (Å²) in [4.78, 5) is 12.0. The van der Waals surface area contributed by atoms with E-state index in [1.54, 1.807) is 6.20 Å². The van der Waals surface area contributed by atoms with E-state index in [4.69, 9.17) is 16.3 Å². The van der Waals surface area contributed by atoms with Crippen LogP contribution in [0, 0.1) is 0 Å². The molecule has 0 radical (unpaired) electrons. The van der Waals surface area contributed by atoms with Crippen LogP contribution in [-0.2, 0) is 22.5 Å². The highest BCUT2D eigenvalue weighted by atomic mass is 35.5. The maximum absolute atomic E-state index is 12.0. The minimum atomic E-state index is 0.0145. The van der Waals surface area contributed by atoms with Gasteiger partial charge in [-0.15, -0.1) is 0 Å². The monoisotopic (exact) mass is 347 g/mol. The van der Waals surface area contributed by atoms with E-state index in [0.29, 0.717) is 6.42 Å². The van der Waals surface area contributed by atoms with Crippen LogP contribution in [0.3, 0.4) is 0 Å². The first-order valence-corrected chi connectivity index (χ1v) is 8.75. The van der Waals surface area contributed by atoms with Gasteiger partial charge in [-0.25, -0.2) is 0 Å². The molecule has 1 atom stereocenters. The van der Waals surface area contributed by atoms with Crippen molar-refractivity contribution in [2.24, 2.45) is 0 Å². The molecule has 1 fully saturated rings. The van der Waals surface area contributed by atoms with Crippen molar-refractivity contribution in [1.82, 2.24) is 9.78 Å². The van der Waals surface area contributed by atoms with E-state index in [1.165, 1.54) is 5.56 Å². The number of nitrogens with one attached hydrogen (secondary N) is 1. The standard InChI is InChI=1S/C18H22ClN3O2/c19-15-8-6-14(7-9-15)3-1-5-18(23)21-16-11-20-22(12-16)13-17-4-2-10-24-17/h6-9,11-12,17H,1-5,10,13H2,(H,21,23)/t17-/m1/s1. The molecule has 1 aromatic heterocycles. The number of carbonyl (C=O) groups is 1. The van der Waals surface area contributed by atoms with E-state index >= 15 is 0 Å². The molecule has 0 spiro atoms. The van der Waals surface area contributed by atoms with E-state index in [1.807, 2.05) is 35.1 Å². The number of hydrogen-bond donors (Lipinski definition) is 1. The second kappa shape index (κ2) is 8.31. The molecular weight excluding hydrogens is 326 g/mol. The van der Waals surface area contributed by atoms with Crippen molar-refractivity contribution in [3.05, 3.63) is 47.2 Å². The van der Waals surface area contributed by atoms with Gasteiger partial charge in [0, 0.05) is 24.2 Å². The number of hydrogen-bond acceptors (Lipinski definition) is 3. The van der Waals surface area contributed by atoms with Gasteiger partial charge in [0.25, 0.3) is 0 Å². The number of aryl methyl sites for hydroxylation is 1. The summed E-state index contributed by atoms with van der Waals surface area (Å²) in [6.07, 6.45) is 8.13. The van der Waals surface area contributed by atoms with Gasteiger partial charge in [-0.3, -0.25) is 9.48 Å². The molecule has 0 unspecified atom stereocenters. The summed E-state index contributed by atoms with van der Waals surface area (Å²) in [7, 11) is 0. The summed E-state index contributed by atoms with van der Waals surface area (Å²) in [5, 5.41) is 7.91. The van der Waals surface area contributed by atoms with Crippen molar-refractivity contribution in [3.63, 3.8) is 0 Å². The molecule has 0 bridgehead atoms. The Kier molecular flexibility index (Phi) is 5.88. The van der Waals surface area contributed by atoms with Crippen LogP contribution >= 0.6 is 11.6 Å². The fraction of sp³-hybridized carbons (Fsp3) is 0.444. The lowest BCUT2D eigenvalue weighted by atomic mass is 10.1. The van der Waals surface area contributed by atoms with Crippen molar-refractivity contribution in [2.45, 2.75) is 44.8 Å². The first kappa shape index (κ1) is 17.0. The van der Waals surface area contributed by atoms with Crippen molar-refractivity contribution in [1.29, 1.82) is 0 Å². The molecule has 2 heterocycles. The average molecular weight is 348 g/mol. The summed E-state index contributed by atoms with van der Waals surface area (Å²) in [5.41, 5.74) is 1.93. The molecule has 128 valence electrons. The normalized spacial score (nSPS) is 17.1. The Morgan fingerprint density at radius 3 is 2.96 bits per heavy atom. The summed E-state index contributed by atoms with van der Waals surface area (Å²) in [6.45, 7) is 1.58. The number of amides is 1. The first-order valence-electron chi connectivity index (χ1n) is 8.37. The van der Waals surface area contributed by atoms with Gasteiger partial charge in [-0.1, -0.05) is 23.7 Å². The number of anilines is 1. The summed E-state index contributed by atoms with van der Waals surface area (Å²) < 4.78 is 7.43. The van der Waals surface area contributed by atoms with Gasteiger partial charge in [0.1, 0.15) is 0 Å². The van der Waals surface area contributed by atoms with E-state index in [-0.39, 0.29) is 12.0 Å². The van der Waals surface area contributed by atoms with E-state index in [9.17, 15) is 4.79 Å². The molecule has 1 saturated heterocycles. The zero-order valence-corrected chi connectivity index (χ0v) is 14.3. The van der Waals surface area contributed by atoms with Crippen LogP contribution < -0.4 is 5.32 Å². The fourth-order valence-electron chi connectivity index (χ4n) is 2.85. The molecule has 24 heavy (non-hydrogen) atoms. The second-order valence-electron chi connectivity index (χ2n) is 6.11. The van der Waals surface area contributed by atoms with Gasteiger partial charge >= 0.3 is 0 Å². The quantitative estimate of drug-likeness (QED) is 0.831. The Labute approximate surface area is 147 Å². The topological polar surface area (TPSA) is 56.2 Å². The highest BCUT2D eigenvalue weighted by Crippen LogP contribution is 2.15. The van der Waals surface area contributed by atoms with E-state index < -0.39 is 0 Å². The number of rotatable bonds is 7. The third-order valence-corrected chi connectivity index (χ3v) is 4.37. The smallest absolute Gasteiger partial charge is 0.224 e. The Hall–Kier alpha value is -1.85. The number of benzene rings is 1. The first-order chi connectivity index (χ1) is 11.7. The van der Waals surface area contributed by atoms with Gasteiger partial charge in [0.15, 0.2) is 0 Å². The molecule has 1 aliphatic heterocycles. The van der Waals surface area contributed by atoms with E-state index in [2.05, 4.69) is 10.4 Å². The third-order valence-electron chi connectivity index (χ3n) is 4.11.